The number of ether oxygens (including phenoxy) is 1. The smallest absolute Gasteiger partial charge is 0.190 e. The predicted molar refractivity (Wildman–Crippen MR) is 92.1 cm³/mol. The van der Waals surface area contributed by atoms with Crippen LogP contribution in [0.25, 0.3) is 10.6 Å². The summed E-state index contributed by atoms with van der Waals surface area (Å²) in [5.74, 6) is 0.842. The lowest BCUT2D eigenvalue weighted by atomic mass is 10.3. The molecule has 1 fully saturated rings. The molecule has 0 N–H and O–H groups in total. The Bertz CT molecular complexity index is 842. The fraction of sp³-hybridized carbons (Fsp3) is 0.235. The van der Waals surface area contributed by atoms with Crippen LogP contribution in [-0.2, 0) is 0 Å². The Hall–Kier alpha value is -1.85. The van der Waals surface area contributed by atoms with E-state index in [4.69, 9.17) is 9.73 Å². The molecular formula is C17H16N2OS2. The summed E-state index contributed by atoms with van der Waals surface area (Å²) in [4.78, 5) is 7.23. The number of nitrogens with zero attached hydrogens (tertiary/aromatic N) is 2. The minimum absolute atomic E-state index is 0.604. The maximum atomic E-state index is 5.28. The van der Waals surface area contributed by atoms with Crippen LogP contribution in [0.15, 0.2) is 52.2 Å². The molecule has 1 saturated carbocycles. The molecule has 1 aliphatic rings. The third kappa shape index (κ3) is 2.62. The molecule has 5 heteroatoms. The molecule has 0 unspecified atom stereocenters. The molecule has 0 atom stereocenters. The van der Waals surface area contributed by atoms with Crippen molar-refractivity contribution in [3.63, 3.8) is 0 Å². The zero-order valence-electron chi connectivity index (χ0n) is 12.2. The highest BCUT2D eigenvalue weighted by atomic mass is 32.1. The first kappa shape index (κ1) is 13.8. The molecule has 2 aromatic heterocycles. The molecule has 0 amide bonds. The van der Waals surface area contributed by atoms with Gasteiger partial charge in [-0.1, -0.05) is 12.1 Å². The average Bonchev–Trinajstić information content (AvgIpc) is 3.08. The monoisotopic (exact) mass is 328 g/mol. The van der Waals surface area contributed by atoms with Crippen LogP contribution >= 0.6 is 22.7 Å². The Morgan fingerprint density at radius 2 is 2.09 bits per heavy atom. The van der Waals surface area contributed by atoms with Gasteiger partial charge < -0.3 is 9.30 Å². The van der Waals surface area contributed by atoms with Crippen molar-refractivity contribution in [2.45, 2.75) is 18.9 Å². The fourth-order valence-electron chi connectivity index (χ4n) is 2.48. The van der Waals surface area contributed by atoms with Gasteiger partial charge in [0.05, 0.1) is 23.4 Å². The van der Waals surface area contributed by atoms with E-state index in [2.05, 4.69) is 27.5 Å². The minimum atomic E-state index is 0.604. The second kappa shape index (κ2) is 5.74. The summed E-state index contributed by atoms with van der Waals surface area (Å²) < 4.78 is 7.68. The maximum absolute atomic E-state index is 5.28. The first-order valence-corrected chi connectivity index (χ1v) is 9.04. The van der Waals surface area contributed by atoms with Gasteiger partial charge >= 0.3 is 0 Å². The molecule has 0 bridgehead atoms. The lowest BCUT2D eigenvalue weighted by Gasteiger charge is -2.05. The van der Waals surface area contributed by atoms with Gasteiger partial charge in [0.1, 0.15) is 5.75 Å². The summed E-state index contributed by atoms with van der Waals surface area (Å²) in [6, 6.07) is 12.8. The van der Waals surface area contributed by atoms with Gasteiger partial charge in [-0.25, -0.2) is 4.99 Å². The van der Waals surface area contributed by atoms with Crippen LogP contribution in [0.4, 0.5) is 5.69 Å². The molecule has 112 valence electrons. The van der Waals surface area contributed by atoms with Gasteiger partial charge in [-0.2, -0.15) is 0 Å². The number of thiophene rings is 1. The highest BCUT2D eigenvalue weighted by Crippen LogP contribution is 2.39. The van der Waals surface area contributed by atoms with Crippen molar-refractivity contribution in [2.75, 3.05) is 7.11 Å². The van der Waals surface area contributed by atoms with Crippen molar-refractivity contribution >= 4 is 28.4 Å². The van der Waals surface area contributed by atoms with Crippen LogP contribution in [-0.4, -0.2) is 11.7 Å². The number of hydrogen-bond donors (Lipinski definition) is 0. The minimum Gasteiger partial charge on any atom is -0.497 e. The van der Waals surface area contributed by atoms with Gasteiger partial charge in [0.2, 0.25) is 0 Å². The molecule has 0 radical (unpaired) electrons. The first-order chi connectivity index (χ1) is 10.8. The Morgan fingerprint density at radius 1 is 1.18 bits per heavy atom. The van der Waals surface area contributed by atoms with Gasteiger partial charge in [0.15, 0.2) is 4.80 Å². The molecule has 0 saturated heterocycles. The Labute approximate surface area is 137 Å². The van der Waals surface area contributed by atoms with Gasteiger partial charge in [-0.3, -0.25) is 0 Å². The molecule has 22 heavy (non-hydrogen) atoms. The lowest BCUT2D eigenvalue weighted by Crippen LogP contribution is -2.13. The SMILES string of the molecule is COc1cccc(N=c2scc(-c3cccs3)n2C2CC2)c1. The molecular weight excluding hydrogens is 312 g/mol. The second-order valence-electron chi connectivity index (χ2n) is 5.30. The zero-order chi connectivity index (χ0) is 14.9. The number of hydrogen-bond acceptors (Lipinski definition) is 4. The summed E-state index contributed by atoms with van der Waals surface area (Å²) >= 11 is 3.50. The Morgan fingerprint density at radius 3 is 2.82 bits per heavy atom. The number of benzene rings is 1. The largest absolute Gasteiger partial charge is 0.497 e. The van der Waals surface area contributed by atoms with Gasteiger partial charge in [-0.15, -0.1) is 22.7 Å². The highest BCUT2D eigenvalue weighted by molar-refractivity contribution is 7.14. The molecule has 3 aromatic rings. The van der Waals surface area contributed by atoms with E-state index in [1.54, 1.807) is 29.8 Å². The molecule has 0 aliphatic heterocycles. The van der Waals surface area contributed by atoms with Gasteiger partial charge in [0.25, 0.3) is 0 Å². The molecule has 3 nitrogen and oxygen atoms in total. The van der Waals surface area contributed by atoms with Crippen molar-refractivity contribution in [1.29, 1.82) is 0 Å². The second-order valence-corrected chi connectivity index (χ2v) is 7.08. The standard InChI is InChI=1S/C17H16N2OS2/c1-20-14-5-2-4-12(10-14)18-17-19(13-7-8-13)15(11-22-17)16-6-3-9-21-16/h2-6,9-11,13H,7-8H2,1H3. The number of aromatic nitrogens is 1. The van der Waals surface area contributed by atoms with E-state index in [0.29, 0.717) is 6.04 Å². The molecule has 1 aliphatic carbocycles. The van der Waals surface area contributed by atoms with Gasteiger partial charge in [0, 0.05) is 17.5 Å². The van der Waals surface area contributed by atoms with E-state index in [0.717, 1.165) is 16.2 Å². The van der Waals surface area contributed by atoms with Crippen molar-refractivity contribution in [3.8, 4) is 16.3 Å². The van der Waals surface area contributed by atoms with Crippen LogP contribution in [0.3, 0.4) is 0 Å². The third-order valence-electron chi connectivity index (χ3n) is 3.71. The summed E-state index contributed by atoms with van der Waals surface area (Å²) in [6.07, 6.45) is 2.50. The van der Waals surface area contributed by atoms with Crippen LogP contribution in [0.1, 0.15) is 18.9 Å². The Balaban J connectivity index is 1.83. The van der Waals surface area contributed by atoms with E-state index < -0.39 is 0 Å². The zero-order valence-corrected chi connectivity index (χ0v) is 13.9. The predicted octanol–water partition coefficient (Wildman–Crippen LogP) is 4.85. The molecule has 4 rings (SSSR count). The van der Waals surface area contributed by atoms with Crippen LogP contribution < -0.4 is 9.54 Å². The topological polar surface area (TPSA) is 26.5 Å². The number of rotatable bonds is 4. The summed E-state index contributed by atoms with van der Waals surface area (Å²) in [7, 11) is 1.68. The normalized spacial score (nSPS) is 15.2. The van der Waals surface area contributed by atoms with Crippen LogP contribution in [0.2, 0.25) is 0 Å². The van der Waals surface area contributed by atoms with Crippen molar-refractivity contribution in [2.24, 2.45) is 4.99 Å². The average molecular weight is 328 g/mol. The summed E-state index contributed by atoms with van der Waals surface area (Å²) in [5.41, 5.74) is 2.23. The van der Waals surface area contributed by atoms with E-state index in [-0.39, 0.29) is 0 Å². The first-order valence-electron chi connectivity index (χ1n) is 7.28. The van der Waals surface area contributed by atoms with Crippen molar-refractivity contribution in [1.82, 2.24) is 4.57 Å². The number of methoxy groups -OCH3 is 1. The third-order valence-corrected chi connectivity index (χ3v) is 5.44. The lowest BCUT2D eigenvalue weighted by molar-refractivity contribution is 0.415. The molecule has 2 heterocycles. The summed E-state index contributed by atoms with van der Waals surface area (Å²) in [6.45, 7) is 0. The summed E-state index contributed by atoms with van der Waals surface area (Å²) in [5, 5.41) is 4.35. The van der Waals surface area contributed by atoms with E-state index >= 15 is 0 Å². The number of thiazole rings is 1. The van der Waals surface area contributed by atoms with Crippen LogP contribution in [0.5, 0.6) is 5.75 Å². The van der Waals surface area contributed by atoms with E-state index in [1.165, 1.54) is 23.4 Å². The quantitative estimate of drug-likeness (QED) is 0.672. The maximum Gasteiger partial charge on any atom is 0.190 e. The van der Waals surface area contributed by atoms with Crippen LogP contribution in [0, 0.1) is 0 Å². The van der Waals surface area contributed by atoms with E-state index in [9.17, 15) is 0 Å². The van der Waals surface area contributed by atoms with Crippen molar-refractivity contribution < 1.29 is 4.74 Å². The molecule has 0 spiro atoms. The van der Waals surface area contributed by atoms with Gasteiger partial charge in [-0.05, 0) is 36.4 Å². The molecule has 1 aromatic carbocycles. The van der Waals surface area contributed by atoms with E-state index in [1.807, 2.05) is 24.3 Å². The van der Waals surface area contributed by atoms with Crippen molar-refractivity contribution in [3.05, 3.63) is 52.0 Å². The fourth-order valence-corrected chi connectivity index (χ4v) is 4.27. The highest BCUT2D eigenvalue weighted by Gasteiger charge is 2.27. The Kier molecular flexibility index (Phi) is 3.60.